The van der Waals surface area contributed by atoms with Gasteiger partial charge in [-0.25, -0.2) is 0 Å². The van der Waals surface area contributed by atoms with Gasteiger partial charge in [0, 0.05) is 11.6 Å². The van der Waals surface area contributed by atoms with Crippen LogP contribution >= 0.6 is 15.9 Å². The van der Waals surface area contributed by atoms with E-state index >= 15 is 0 Å². The zero-order valence-electron chi connectivity index (χ0n) is 12.3. The quantitative estimate of drug-likeness (QED) is 0.853. The third kappa shape index (κ3) is 3.77. The molecule has 1 unspecified atom stereocenters. The second kappa shape index (κ2) is 7.48. The Morgan fingerprint density at radius 1 is 1.05 bits per heavy atom. The minimum atomic E-state index is -0.0811. The Morgan fingerprint density at radius 3 is 2.38 bits per heavy atom. The van der Waals surface area contributed by atoms with Crippen LogP contribution in [0.15, 0.2) is 46.9 Å². The molecule has 0 saturated carbocycles. The molecule has 4 heteroatoms. The van der Waals surface area contributed by atoms with E-state index in [0.29, 0.717) is 0 Å². The zero-order valence-corrected chi connectivity index (χ0v) is 13.9. The molecule has 21 heavy (non-hydrogen) atoms. The Bertz CT molecular complexity index is 587. The summed E-state index contributed by atoms with van der Waals surface area (Å²) in [6.07, 6.45) is 1.80. The Kier molecular flexibility index (Phi) is 5.65. The zero-order chi connectivity index (χ0) is 15.2. The number of hydrogen-bond donors (Lipinski definition) is 1. The predicted octanol–water partition coefficient (Wildman–Crippen LogP) is 4.10. The maximum absolute atomic E-state index is 6.34. The summed E-state index contributed by atoms with van der Waals surface area (Å²) in [4.78, 5) is 0. The van der Waals surface area contributed by atoms with Crippen molar-refractivity contribution < 1.29 is 9.47 Å². The van der Waals surface area contributed by atoms with Gasteiger partial charge in [0.05, 0.1) is 14.2 Å². The van der Waals surface area contributed by atoms with Crippen LogP contribution < -0.4 is 15.2 Å². The van der Waals surface area contributed by atoms with Gasteiger partial charge in [-0.05, 0) is 46.5 Å². The number of halogens is 1. The first-order valence-electron chi connectivity index (χ1n) is 6.87. The van der Waals surface area contributed by atoms with Crippen LogP contribution in [0.3, 0.4) is 0 Å². The van der Waals surface area contributed by atoms with E-state index < -0.39 is 0 Å². The maximum Gasteiger partial charge on any atom is 0.141 e. The Labute approximate surface area is 134 Å². The third-order valence-corrected chi connectivity index (χ3v) is 4.25. The third-order valence-electron chi connectivity index (χ3n) is 3.50. The van der Waals surface area contributed by atoms with Gasteiger partial charge in [-0.3, -0.25) is 0 Å². The highest BCUT2D eigenvalue weighted by molar-refractivity contribution is 9.10. The molecule has 112 valence electrons. The summed E-state index contributed by atoms with van der Waals surface area (Å²) in [5.74, 6) is 1.49. The molecule has 2 rings (SSSR count). The van der Waals surface area contributed by atoms with Crippen molar-refractivity contribution in [3.8, 4) is 11.5 Å². The Morgan fingerprint density at radius 2 is 1.76 bits per heavy atom. The number of rotatable bonds is 6. The van der Waals surface area contributed by atoms with E-state index in [9.17, 15) is 0 Å². The lowest BCUT2D eigenvalue weighted by Gasteiger charge is -2.18. The van der Waals surface area contributed by atoms with Gasteiger partial charge in [0.2, 0.25) is 0 Å². The molecule has 0 heterocycles. The highest BCUT2D eigenvalue weighted by atomic mass is 79.9. The fraction of sp³-hybridized carbons (Fsp3) is 0.294. The van der Waals surface area contributed by atoms with E-state index in [1.807, 2.05) is 30.3 Å². The van der Waals surface area contributed by atoms with Gasteiger partial charge in [-0.2, -0.15) is 0 Å². The number of aryl methyl sites for hydroxylation is 1. The smallest absolute Gasteiger partial charge is 0.141 e. The molecular formula is C17H20BrNO2. The van der Waals surface area contributed by atoms with E-state index in [-0.39, 0.29) is 6.04 Å². The second-order valence-electron chi connectivity index (χ2n) is 4.84. The first-order valence-corrected chi connectivity index (χ1v) is 7.66. The highest BCUT2D eigenvalue weighted by Crippen LogP contribution is 2.39. The van der Waals surface area contributed by atoms with Crippen LogP contribution in [0.1, 0.15) is 23.6 Å². The van der Waals surface area contributed by atoms with Crippen LogP contribution in [-0.2, 0) is 6.42 Å². The lowest BCUT2D eigenvalue weighted by atomic mass is 9.99. The van der Waals surface area contributed by atoms with Gasteiger partial charge in [-0.15, -0.1) is 0 Å². The summed E-state index contributed by atoms with van der Waals surface area (Å²) in [5.41, 5.74) is 8.62. The number of nitrogens with two attached hydrogens (primary N) is 1. The van der Waals surface area contributed by atoms with Gasteiger partial charge in [0.15, 0.2) is 0 Å². The summed E-state index contributed by atoms with van der Waals surface area (Å²) in [6, 6.07) is 14.1. The minimum Gasteiger partial charge on any atom is -0.495 e. The number of methoxy groups -OCH3 is 2. The summed E-state index contributed by atoms with van der Waals surface area (Å²) in [5, 5.41) is 0. The summed E-state index contributed by atoms with van der Waals surface area (Å²) >= 11 is 3.51. The van der Waals surface area contributed by atoms with Crippen molar-refractivity contribution in [2.45, 2.75) is 18.9 Å². The van der Waals surface area contributed by atoms with E-state index in [2.05, 4.69) is 28.1 Å². The SMILES string of the molecule is COc1ccc(C(N)CCc2ccccc2)c(OC)c1Br. The molecule has 2 N–H and O–H groups in total. The molecule has 0 radical (unpaired) electrons. The first kappa shape index (κ1) is 15.9. The largest absolute Gasteiger partial charge is 0.495 e. The Balaban J connectivity index is 2.15. The molecule has 0 spiro atoms. The average Bonchev–Trinajstić information content (AvgIpc) is 2.53. The van der Waals surface area contributed by atoms with Crippen LogP contribution in [0, 0.1) is 0 Å². The van der Waals surface area contributed by atoms with Crippen LogP contribution in [0.4, 0.5) is 0 Å². The molecular weight excluding hydrogens is 330 g/mol. The van der Waals surface area contributed by atoms with Crippen molar-refractivity contribution in [2.24, 2.45) is 5.73 Å². The topological polar surface area (TPSA) is 44.5 Å². The molecule has 0 aliphatic rings. The van der Waals surface area contributed by atoms with Crippen LogP contribution in [0.5, 0.6) is 11.5 Å². The fourth-order valence-corrected chi connectivity index (χ4v) is 3.02. The molecule has 0 aromatic heterocycles. The molecule has 1 atom stereocenters. The van der Waals surface area contributed by atoms with E-state index in [1.165, 1.54) is 5.56 Å². The molecule has 0 bridgehead atoms. The van der Waals surface area contributed by atoms with Crippen LogP contribution in [0.25, 0.3) is 0 Å². The molecule has 0 fully saturated rings. The van der Waals surface area contributed by atoms with Gasteiger partial charge in [0.1, 0.15) is 16.0 Å². The van der Waals surface area contributed by atoms with Crippen molar-refractivity contribution in [1.29, 1.82) is 0 Å². The van der Waals surface area contributed by atoms with Crippen molar-refractivity contribution in [3.05, 3.63) is 58.1 Å². The van der Waals surface area contributed by atoms with Crippen LogP contribution in [0.2, 0.25) is 0 Å². The first-order chi connectivity index (χ1) is 10.2. The molecule has 0 amide bonds. The molecule has 0 aliphatic carbocycles. The molecule has 0 aliphatic heterocycles. The van der Waals surface area contributed by atoms with Crippen LogP contribution in [-0.4, -0.2) is 14.2 Å². The van der Waals surface area contributed by atoms with E-state index in [0.717, 1.165) is 34.4 Å². The summed E-state index contributed by atoms with van der Waals surface area (Å²) < 4.78 is 11.6. The fourth-order valence-electron chi connectivity index (χ4n) is 2.33. The molecule has 0 saturated heterocycles. The van der Waals surface area contributed by atoms with E-state index in [4.69, 9.17) is 15.2 Å². The van der Waals surface area contributed by atoms with Gasteiger partial charge in [0.25, 0.3) is 0 Å². The number of ether oxygens (including phenoxy) is 2. The van der Waals surface area contributed by atoms with E-state index in [1.54, 1.807) is 14.2 Å². The maximum atomic E-state index is 6.34. The molecule has 2 aromatic rings. The van der Waals surface area contributed by atoms with Crippen molar-refractivity contribution >= 4 is 15.9 Å². The Hall–Kier alpha value is -1.52. The average molecular weight is 350 g/mol. The highest BCUT2D eigenvalue weighted by Gasteiger charge is 2.17. The summed E-state index contributed by atoms with van der Waals surface area (Å²) in [6.45, 7) is 0. The van der Waals surface area contributed by atoms with Crippen molar-refractivity contribution in [1.82, 2.24) is 0 Å². The predicted molar refractivity (Wildman–Crippen MR) is 88.9 cm³/mol. The second-order valence-corrected chi connectivity index (χ2v) is 5.63. The van der Waals surface area contributed by atoms with Gasteiger partial charge < -0.3 is 15.2 Å². The minimum absolute atomic E-state index is 0.0811. The monoisotopic (exact) mass is 349 g/mol. The summed E-state index contributed by atoms with van der Waals surface area (Å²) in [7, 11) is 3.28. The van der Waals surface area contributed by atoms with Crippen molar-refractivity contribution in [2.75, 3.05) is 14.2 Å². The lowest BCUT2D eigenvalue weighted by molar-refractivity contribution is 0.382. The molecule has 3 nitrogen and oxygen atoms in total. The number of benzene rings is 2. The number of hydrogen-bond acceptors (Lipinski definition) is 3. The normalized spacial score (nSPS) is 12.0. The van der Waals surface area contributed by atoms with Crippen molar-refractivity contribution in [3.63, 3.8) is 0 Å². The standard InChI is InChI=1S/C17H20BrNO2/c1-20-15-11-9-13(17(21-2)16(15)18)14(19)10-8-12-6-4-3-5-7-12/h3-7,9,11,14H,8,10,19H2,1-2H3. The van der Waals surface area contributed by atoms with Gasteiger partial charge in [-0.1, -0.05) is 30.3 Å². The van der Waals surface area contributed by atoms with Gasteiger partial charge >= 0.3 is 0 Å². The lowest BCUT2D eigenvalue weighted by Crippen LogP contribution is -2.13. The molecule has 2 aromatic carbocycles.